The fourth-order valence-electron chi connectivity index (χ4n) is 2.84. The van der Waals surface area contributed by atoms with Gasteiger partial charge in [-0.1, -0.05) is 0 Å². The Morgan fingerprint density at radius 1 is 1.50 bits per heavy atom. The Bertz CT molecular complexity index is 615. The van der Waals surface area contributed by atoms with Crippen LogP contribution in [0.2, 0.25) is 0 Å². The van der Waals surface area contributed by atoms with E-state index in [1.807, 2.05) is 19.3 Å². The van der Waals surface area contributed by atoms with Crippen LogP contribution in [-0.4, -0.2) is 21.9 Å². The predicted molar refractivity (Wildman–Crippen MR) is 70.4 cm³/mol. The number of nitrogens with one attached hydrogen (secondary N) is 1. The van der Waals surface area contributed by atoms with Crippen molar-refractivity contribution in [3.63, 3.8) is 0 Å². The highest BCUT2D eigenvalue weighted by molar-refractivity contribution is 5.85. The van der Waals surface area contributed by atoms with Crippen molar-refractivity contribution in [1.29, 1.82) is 0 Å². The maximum absolute atomic E-state index is 11.6. The molecule has 1 N–H and O–H groups in total. The minimum Gasteiger partial charge on any atom is -0.333 e. The first kappa shape index (κ1) is 11.4. The fourth-order valence-corrected chi connectivity index (χ4v) is 2.84. The second-order valence-electron chi connectivity index (χ2n) is 4.93. The molecule has 0 bridgehead atoms. The number of ketones is 1. The van der Waals surface area contributed by atoms with Gasteiger partial charge in [0.15, 0.2) is 0 Å². The zero-order valence-corrected chi connectivity index (χ0v) is 10.7. The van der Waals surface area contributed by atoms with E-state index in [4.69, 9.17) is 0 Å². The molecular formula is C14H17N3O. The molecule has 2 aromatic heterocycles. The van der Waals surface area contributed by atoms with Gasteiger partial charge in [0.05, 0.1) is 0 Å². The summed E-state index contributed by atoms with van der Waals surface area (Å²) < 4.78 is 2.10. The van der Waals surface area contributed by atoms with Crippen molar-refractivity contribution < 1.29 is 4.79 Å². The normalized spacial score (nSPS) is 20.6. The topological polar surface area (TPSA) is 46.9 Å². The Morgan fingerprint density at radius 2 is 2.33 bits per heavy atom. The van der Waals surface area contributed by atoms with Crippen molar-refractivity contribution in [2.75, 3.05) is 6.54 Å². The lowest BCUT2D eigenvalue weighted by molar-refractivity contribution is -0.120. The number of Topliss-reactive ketones (excluding diaryl/α,β-unsaturated/α-hetero) is 1. The second kappa shape index (κ2) is 4.21. The largest absolute Gasteiger partial charge is 0.333 e. The van der Waals surface area contributed by atoms with Gasteiger partial charge in [0.25, 0.3) is 0 Å². The Morgan fingerprint density at radius 3 is 3.11 bits per heavy atom. The third-order valence-corrected chi connectivity index (χ3v) is 3.86. The van der Waals surface area contributed by atoms with Crippen LogP contribution < -0.4 is 5.32 Å². The molecule has 18 heavy (non-hydrogen) atoms. The summed E-state index contributed by atoms with van der Waals surface area (Å²) in [5, 5.41) is 4.61. The first-order valence-electron chi connectivity index (χ1n) is 6.33. The average Bonchev–Trinajstić information content (AvgIpc) is 2.63. The van der Waals surface area contributed by atoms with Crippen LogP contribution >= 0.6 is 0 Å². The van der Waals surface area contributed by atoms with Crippen LogP contribution in [0.15, 0.2) is 18.3 Å². The first-order chi connectivity index (χ1) is 8.68. The SMILES string of the molecule is Cc1c(C2CC(=O)CCN2)c2cccnc2n1C. The Kier molecular flexibility index (Phi) is 2.67. The number of aryl methyl sites for hydroxylation is 1. The molecule has 3 heterocycles. The number of rotatable bonds is 1. The van der Waals surface area contributed by atoms with Crippen molar-refractivity contribution in [3.8, 4) is 0 Å². The molecule has 0 aliphatic carbocycles. The zero-order valence-electron chi connectivity index (χ0n) is 10.7. The molecule has 1 aliphatic heterocycles. The molecule has 1 saturated heterocycles. The number of carbonyl (C=O) groups is 1. The Balaban J connectivity index is 2.16. The van der Waals surface area contributed by atoms with Gasteiger partial charge in [0.2, 0.25) is 0 Å². The van der Waals surface area contributed by atoms with E-state index in [9.17, 15) is 4.79 Å². The molecule has 94 valence electrons. The number of hydrogen-bond donors (Lipinski definition) is 1. The van der Waals surface area contributed by atoms with E-state index >= 15 is 0 Å². The monoisotopic (exact) mass is 243 g/mol. The second-order valence-corrected chi connectivity index (χ2v) is 4.93. The molecule has 0 saturated carbocycles. The van der Waals surface area contributed by atoms with E-state index in [1.54, 1.807) is 0 Å². The van der Waals surface area contributed by atoms with E-state index in [0.29, 0.717) is 18.6 Å². The first-order valence-corrected chi connectivity index (χ1v) is 6.33. The van der Waals surface area contributed by atoms with Gasteiger partial charge in [-0.3, -0.25) is 4.79 Å². The molecule has 1 aliphatic rings. The average molecular weight is 243 g/mol. The van der Waals surface area contributed by atoms with Crippen LogP contribution in [0.4, 0.5) is 0 Å². The minimum atomic E-state index is 0.138. The number of nitrogens with zero attached hydrogens (tertiary/aromatic N) is 2. The molecule has 3 rings (SSSR count). The van der Waals surface area contributed by atoms with Crippen LogP contribution in [0, 0.1) is 6.92 Å². The highest BCUT2D eigenvalue weighted by Gasteiger charge is 2.25. The number of hydrogen-bond acceptors (Lipinski definition) is 3. The molecule has 1 atom stereocenters. The molecule has 4 heteroatoms. The number of fused-ring (bicyclic) bond motifs is 1. The zero-order chi connectivity index (χ0) is 12.7. The third kappa shape index (κ3) is 1.64. The molecule has 1 fully saturated rings. The summed E-state index contributed by atoms with van der Waals surface area (Å²) in [7, 11) is 2.03. The summed E-state index contributed by atoms with van der Waals surface area (Å²) in [6.45, 7) is 2.87. The molecule has 0 spiro atoms. The van der Waals surface area contributed by atoms with Crippen molar-refractivity contribution in [3.05, 3.63) is 29.6 Å². The summed E-state index contributed by atoms with van der Waals surface area (Å²) in [6.07, 6.45) is 3.05. The van der Waals surface area contributed by atoms with Crippen LogP contribution in [0.25, 0.3) is 11.0 Å². The highest BCUT2D eigenvalue weighted by Crippen LogP contribution is 2.32. The van der Waals surface area contributed by atoms with E-state index < -0.39 is 0 Å². The van der Waals surface area contributed by atoms with Crippen LogP contribution in [0.5, 0.6) is 0 Å². The van der Waals surface area contributed by atoms with E-state index in [1.165, 1.54) is 11.3 Å². The maximum Gasteiger partial charge on any atom is 0.140 e. The summed E-state index contributed by atoms with van der Waals surface area (Å²) in [6, 6.07) is 4.18. The lowest BCUT2D eigenvalue weighted by Gasteiger charge is -2.23. The van der Waals surface area contributed by atoms with Gasteiger partial charge < -0.3 is 9.88 Å². The van der Waals surface area contributed by atoms with Gasteiger partial charge in [-0.05, 0) is 24.6 Å². The van der Waals surface area contributed by atoms with Crippen LogP contribution in [-0.2, 0) is 11.8 Å². The maximum atomic E-state index is 11.6. The smallest absolute Gasteiger partial charge is 0.140 e. The molecule has 0 aromatic carbocycles. The number of piperidine rings is 1. The fraction of sp³-hybridized carbons (Fsp3) is 0.429. The number of pyridine rings is 1. The summed E-state index contributed by atoms with van der Waals surface area (Å²) in [5.74, 6) is 0.346. The molecule has 0 amide bonds. The summed E-state index contributed by atoms with van der Waals surface area (Å²) in [4.78, 5) is 16.1. The summed E-state index contributed by atoms with van der Waals surface area (Å²) in [5.41, 5.74) is 3.41. The highest BCUT2D eigenvalue weighted by atomic mass is 16.1. The van der Waals surface area contributed by atoms with E-state index in [-0.39, 0.29) is 6.04 Å². The van der Waals surface area contributed by atoms with Gasteiger partial charge >= 0.3 is 0 Å². The van der Waals surface area contributed by atoms with Gasteiger partial charge in [0.1, 0.15) is 11.4 Å². The van der Waals surface area contributed by atoms with E-state index in [2.05, 4.69) is 27.9 Å². The van der Waals surface area contributed by atoms with E-state index in [0.717, 1.165) is 17.6 Å². The standard InChI is InChI=1S/C14H17N3O/c1-9-13(12-8-10(18)5-7-15-12)11-4-3-6-16-14(11)17(9)2/h3-4,6,12,15H,5,7-8H2,1-2H3. The lowest BCUT2D eigenvalue weighted by atomic mass is 9.95. The number of aromatic nitrogens is 2. The Hall–Kier alpha value is -1.68. The summed E-state index contributed by atoms with van der Waals surface area (Å²) >= 11 is 0. The predicted octanol–water partition coefficient (Wildman–Crippen LogP) is 1.88. The molecule has 1 unspecified atom stereocenters. The van der Waals surface area contributed by atoms with Gasteiger partial charge in [-0.25, -0.2) is 4.98 Å². The molecule has 2 aromatic rings. The van der Waals surface area contributed by atoms with Gasteiger partial charge in [0, 0.05) is 49.8 Å². The van der Waals surface area contributed by atoms with Crippen LogP contribution in [0.3, 0.4) is 0 Å². The molecular weight excluding hydrogens is 226 g/mol. The quantitative estimate of drug-likeness (QED) is 0.831. The third-order valence-electron chi connectivity index (χ3n) is 3.86. The van der Waals surface area contributed by atoms with Gasteiger partial charge in [-0.2, -0.15) is 0 Å². The van der Waals surface area contributed by atoms with Crippen molar-refractivity contribution in [2.24, 2.45) is 7.05 Å². The lowest BCUT2D eigenvalue weighted by Crippen LogP contribution is -2.32. The van der Waals surface area contributed by atoms with Gasteiger partial charge in [-0.15, -0.1) is 0 Å². The Labute approximate surface area is 106 Å². The molecule has 0 radical (unpaired) electrons. The number of carbonyl (C=O) groups excluding carboxylic acids is 1. The van der Waals surface area contributed by atoms with Crippen LogP contribution in [0.1, 0.15) is 30.1 Å². The van der Waals surface area contributed by atoms with Crippen molar-refractivity contribution >= 4 is 16.8 Å². The van der Waals surface area contributed by atoms with Crippen molar-refractivity contribution in [1.82, 2.24) is 14.9 Å². The molecule has 4 nitrogen and oxygen atoms in total. The van der Waals surface area contributed by atoms with Crippen molar-refractivity contribution in [2.45, 2.75) is 25.8 Å². The minimum absolute atomic E-state index is 0.138.